The van der Waals surface area contributed by atoms with Crippen molar-refractivity contribution in [2.24, 2.45) is 0 Å². The van der Waals surface area contributed by atoms with Gasteiger partial charge >= 0.3 is 0 Å². The molecule has 26 heavy (non-hydrogen) atoms. The molecule has 0 radical (unpaired) electrons. The molecule has 4 nitrogen and oxygen atoms in total. The molecule has 0 amide bonds. The first kappa shape index (κ1) is 17.6. The Morgan fingerprint density at radius 1 is 0.692 bits per heavy atom. The van der Waals surface area contributed by atoms with Gasteiger partial charge in [0.1, 0.15) is 0 Å². The van der Waals surface area contributed by atoms with E-state index in [0.717, 1.165) is 22.7 Å². The smallest absolute Gasteiger partial charge is 0.175 e. The lowest BCUT2D eigenvalue weighted by molar-refractivity contribution is 0.101. The zero-order valence-electron chi connectivity index (χ0n) is 14.3. The van der Waals surface area contributed by atoms with Crippen LogP contribution < -0.4 is 16.0 Å². The number of carbonyl (C=O) groups excluding carboxylic acids is 1. The van der Waals surface area contributed by atoms with Crippen molar-refractivity contribution >= 4 is 45.9 Å². The quantitative estimate of drug-likeness (QED) is 0.417. The molecule has 0 fully saturated rings. The molecule has 3 N–H and O–H groups in total. The van der Waals surface area contributed by atoms with Gasteiger partial charge in [-0.3, -0.25) is 4.79 Å². The normalized spacial score (nSPS) is 10.0. The van der Waals surface area contributed by atoms with Crippen molar-refractivity contribution < 1.29 is 4.79 Å². The Hall–Kier alpha value is -3.18. The lowest BCUT2D eigenvalue weighted by Crippen LogP contribution is -2.19. The van der Waals surface area contributed by atoms with Crippen LogP contribution in [0.1, 0.15) is 17.3 Å². The summed E-state index contributed by atoms with van der Waals surface area (Å²) in [7, 11) is 0. The van der Waals surface area contributed by atoms with Crippen LogP contribution >= 0.6 is 12.2 Å². The van der Waals surface area contributed by atoms with Gasteiger partial charge in [-0.1, -0.05) is 18.2 Å². The maximum atomic E-state index is 11.3. The Labute approximate surface area is 158 Å². The van der Waals surface area contributed by atoms with Gasteiger partial charge in [0.05, 0.1) is 0 Å². The molecule has 3 aromatic carbocycles. The number of thiocarbonyl (C=S) groups is 1. The number of rotatable bonds is 5. The molecule has 3 rings (SSSR count). The van der Waals surface area contributed by atoms with E-state index in [1.807, 2.05) is 66.7 Å². The minimum Gasteiger partial charge on any atom is -0.356 e. The van der Waals surface area contributed by atoms with Crippen molar-refractivity contribution in [2.75, 3.05) is 16.0 Å². The Kier molecular flexibility index (Phi) is 5.61. The van der Waals surface area contributed by atoms with Crippen LogP contribution in [-0.4, -0.2) is 10.9 Å². The number of para-hydroxylation sites is 1. The van der Waals surface area contributed by atoms with Crippen molar-refractivity contribution in [1.82, 2.24) is 0 Å². The third-order valence-corrected chi connectivity index (χ3v) is 3.96. The monoisotopic (exact) mass is 361 g/mol. The second-order valence-corrected chi connectivity index (χ2v) is 6.19. The largest absolute Gasteiger partial charge is 0.356 e. The third-order valence-electron chi connectivity index (χ3n) is 3.75. The second-order valence-electron chi connectivity index (χ2n) is 5.78. The Morgan fingerprint density at radius 2 is 1.15 bits per heavy atom. The van der Waals surface area contributed by atoms with Gasteiger partial charge < -0.3 is 16.0 Å². The molecule has 0 aliphatic rings. The molecule has 0 heterocycles. The predicted molar refractivity (Wildman–Crippen MR) is 112 cm³/mol. The highest BCUT2D eigenvalue weighted by Crippen LogP contribution is 2.19. The van der Waals surface area contributed by atoms with E-state index in [2.05, 4.69) is 16.0 Å². The third kappa shape index (κ3) is 4.91. The van der Waals surface area contributed by atoms with Crippen LogP contribution in [0.5, 0.6) is 0 Å². The van der Waals surface area contributed by atoms with E-state index in [9.17, 15) is 4.79 Å². The molecule has 5 heteroatoms. The zero-order chi connectivity index (χ0) is 18.4. The van der Waals surface area contributed by atoms with Crippen LogP contribution in [0, 0.1) is 0 Å². The topological polar surface area (TPSA) is 53.2 Å². The highest BCUT2D eigenvalue weighted by atomic mass is 32.1. The first-order valence-corrected chi connectivity index (χ1v) is 8.62. The minimum atomic E-state index is 0.0430. The lowest BCUT2D eigenvalue weighted by Gasteiger charge is -2.12. The molecule has 3 aromatic rings. The van der Waals surface area contributed by atoms with E-state index >= 15 is 0 Å². The number of hydrogen-bond donors (Lipinski definition) is 3. The fraction of sp³-hybridized carbons (Fsp3) is 0.0476. The molecule has 0 spiro atoms. The summed E-state index contributed by atoms with van der Waals surface area (Å²) in [4.78, 5) is 11.3. The Morgan fingerprint density at radius 3 is 1.69 bits per heavy atom. The molecule has 0 saturated heterocycles. The maximum absolute atomic E-state index is 11.3. The summed E-state index contributed by atoms with van der Waals surface area (Å²) in [6, 6.07) is 25.1. The summed E-state index contributed by atoms with van der Waals surface area (Å²) in [6.07, 6.45) is 0. The number of benzene rings is 3. The summed E-state index contributed by atoms with van der Waals surface area (Å²) in [6.45, 7) is 1.55. The average molecular weight is 361 g/mol. The first-order chi connectivity index (χ1) is 12.6. The summed E-state index contributed by atoms with van der Waals surface area (Å²) in [5, 5.41) is 10.1. The van der Waals surface area contributed by atoms with Crippen molar-refractivity contribution in [3.8, 4) is 0 Å². The number of anilines is 4. The molecule has 0 unspecified atom stereocenters. The van der Waals surface area contributed by atoms with Crippen molar-refractivity contribution in [3.63, 3.8) is 0 Å². The Balaban J connectivity index is 1.56. The van der Waals surface area contributed by atoms with Crippen LogP contribution in [0.25, 0.3) is 0 Å². The molecule has 0 aliphatic carbocycles. The standard InChI is InChI=1S/C21H19N3OS/c1-15(25)16-7-9-19(10-8-16)23-21(26)24-20-13-11-18(12-14-20)22-17-5-3-2-4-6-17/h2-14,22H,1H3,(H2,23,24,26). The van der Waals surface area contributed by atoms with E-state index in [-0.39, 0.29) is 5.78 Å². The SMILES string of the molecule is CC(=O)c1ccc(NC(=S)Nc2ccc(Nc3ccccc3)cc2)cc1. The van der Waals surface area contributed by atoms with Crippen LogP contribution in [0.2, 0.25) is 0 Å². The molecule has 0 aromatic heterocycles. The molecule has 0 bridgehead atoms. The van der Waals surface area contributed by atoms with Gasteiger partial charge in [0.15, 0.2) is 10.9 Å². The molecule has 0 atom stereocenters. The van der Waals surface area contributed by atoms with Gasteiger partial charge in [0.25, 0.3) is 0 Å². The van der Waals surface area contributed by atoms with Crippen LogP contribution in [0.15, 0.2) is 78.9 Å². The average Bonchev–Trinajstić information content (AvgIpc) is 2.64. The fourth-order valence-electron chi connectivity index (χ4n) is 2.41. The van der Waals surface area contributed by atoms with E-state index in [4.69, 9.17) is 12.2 Å². The van der Waals surface area contributed by atoms with E-state index in [0.29, 0.717) is 10.7 Å². The number of ketones is 1. The zero-order valence-corrected chi connectivity index (χ0v) is 15.1. The molecular formula is C21H19N3OS. The van der Waals surface area contributed by atoms with E-state index in [1.54, 1.807) is 19.1 Å². The van der Waals surface area contributed by atoms with Gasteiger partial charge in [-0.05, 0) is 79.8 Å². The summed E-state index contributed by atoms with van der Waals surface area (Å²) in [5.74, 6) is 0.0430. The molecule has 0 saturated carbocycles. The van der Waals surface area contributed by atoms with Crippen LogP contribution in [0.3, 0.4) is 0 Å². The molecule has 0 aliphatic heterocycles. The molecule has 130 valence electrons. The summed E-state index contributed by atoms with van der Waals surface area (Å²) < 4.78 is 0. The number of carbonyl (C=O) groups is 1. The Bertz CT molecular complexity index is 891. The van der Waals surface area contributed by atoms with E-state index in [1.165, 1.54) is 0 Å². The number of hydrogen-bond acceptors (Lipinski definition) is 3. The van der Waals surface area contributed by atoms with Crippen LogP contribution in [0.4, 0.5) is 22.7 Å². The highest BCUT2D eigenvalue weighted by Gasteiger charge is 2.02. The highest BCUT2D eigenvalue weighted by molar-refractivity contribution is 7.80. The molecular weight excluding hydrogens is 342 g/mol. The summed E-state index contributed by atoms with van der Waals surface area (Å²) in [5.41, 5.74) is 4.44. The number of nitrogens with one attached hydrogen (secondary N) is 3. The lowest BCUT2D eigenvalue weighted by atomic mass is 10.1. The number of Topliss-reactive ketones (excluding diaryl/α,β-unsaturated/α-hetero) is 1. The first-order valence-electron chi connectivity index (χ1n) is 8.21. The predicted octanol–water partition coefficient (Wildman–Crippen LogP) is 5.44. The maximum Gasteiger partial charge on any atom is 0.175 e. The summed E-state index contributed by atoms with van der Waals surface area (Å²) >= 11 is 5.34. The van der Waals surface area contributed by atoms with Gasteiger partial charge in [-0.2, -0.15) is 0 Å². The van der Waals surface area contributed by atoms with Crippen molar-refractivity contribution in [2.45, 2.75) is 6.92 Å². The minimum absolute atomic E-state index is 0.0430. The van der Waals surface area contributed by atoms with E-state index < -0.39 is 0 Å². The van der Waals surface area contributed by atoms with Crippen LogP contribution in [-0.2, 0) is 0 Å². The van der Waals surface area contributed by atoms with Gasteiger partial charge in [0.2, 0.25) is 0 Å². The fourth-order valence-corrected chi connectivity index (χ4v) is 2.64. The second kappa shape index (κ2) is 8.27. The van der Waals surface area contributed by atoms with Gasteiger partial charge in [-0.15, -0.1) is 0 Å². The van der Waals surface area contributed by atoms with Crippen molar-refractivity contribution in [1.29, 1.82) is 0 Å². The van der Waals surface area contributed by atoms with Crippen molar-refractivity contribution in [3.05, 3.63) is 84.4 Å². The van der Waals surface area contributed by atoms with Gasteiger partial charge in [0, 0.05) is 28.3 Å². The van der Waals surface area contributed by atoms with Gasteiger partial charge in [-0.25, -0.2) is 0 Å².